The van der Waals surface area contributed by atoms with Crippen molar-refractivity contribution in [2.45, 2.75) is 13.0 Å². The number of aryl methyl sites for hydroxylation is 1. The molecule has 0 radical (unpaired) electrons. The molecule has 0 spiro atoms. The molecule has 0 amide bonds. The molecule has 1 unspecified atom stereocenters. The van der Waals surface area contributed by atoms with Crippen molar-refractivity contribution in [1.29, 1.82) is 0 Å². The maximum Gasteiger partial charge on any atom is 0.119 e. The molecule has 1 heterocycles. The van der Waals surface area contributed by atoms with Gasteiger partial charge in [0.25, 0.3) is 0 Å². The first-order chi connectivity index (χ1) is 12.5. The predicted octanol–water partition coefficient (Wildman–Crippen LogP) is 3.86. The summed E-state index contributed by atoms with van der Waals surface area (Å²) in [5.41, 5.74) is 2.43. The molecule has 1 saturated heterocycles. The Bertz CT molecular complexity index is 716. The summed E-state index contributed by atoms with van der Waals surface area (Å²) in [5, 5.41) is 11.7. The largest absolute Gasteiger partial charge is 0.491 e. The number of piperazine rings is 1. The summed E-state index contributed by atoms with van der Waals surface area (Å²) in [6, 6.07) is 13.2. The van der Waals surface area contributed by atoms with Crippen LogP contribution in [0.25, 0.3) is 0 Å². The molecule has 2 aromatic carbocycles. The van der Waals surface area contributed by atoms with Crippen LogP contribution in [-0.4, -0.2) is 55.4 Å². The summed E-state index contributed by atoms with van der Waals surface area (Å²) in [5.74, 6) is 0.717. The molecule has 4 nitrogen and oxygen atoms in total. The third-order valence-corrected chi connectivity index (χ3v) is 5.10. The van der Waals surface area contributed by atoms with Gasteiger partial charge in [-0.2, -0.15) is 0 Å². The van der Waals surface area contributed by atoms with Crippen LogP contribution < -0.4 is 9.64 Å². The Morgan fingerprint density at radius 3 is 2.35 bits per heavy atom. The topological polar surface area (TPSA) is 35.9 Å². The van der Waals surface area contributed by atoms with Crippen molar-refractivity contribution in [3.8, 4) is 5.75 Å². The standard InChI is InChI=1S/C20H24Cl2N2O2/c1-15-2-3-17(22)12-20(15)24-10-8-23(9-11-24)13-18(25)14-26-19-6-4-16(21)5-7-19/h2-7,12,18,25H,8-11,13-14H2,1H3. The molecule has 0 aliphatic carbocycles. The number of halogens is 2. The van der Waals surface area contributed by atoms with Crippen molar-refractivity contribution in [3.63, 3.8) is 0 Å². The van der Waals surface area contributed by atoms with Gasteiger partial charge in [-0.15, -0.1) is 0 Å². The number of β-amino-alcohol motifs (C(OH)–C–C–N with tert-alkyl or cyclic N) is 1. The SMILES string of the molecule is Cc1ccc(Cl)cc1N1CCN(CC(O)COc2ccc(Cl)cc2)CC1. The van der Waals surface area contributed by atoms with Gasteiger partial charge in [0, 0.05) is 48.5 Å². The van der Waals surface area contributed by atoms with E-state index in [1.54, 1.807) is 24.3 Å². The Hall–Kier alpha value is -1.46. The van der Waals surface area contributed by atoms with E-state index in [-0.39, 0.29) is 6.61 Å². The zero-order chi connectivity index (χ0) is 18.5. The Morgan fingerprint density at radius 2 is 1.65 bits per heavy atom. The molecule has 1 aliphatic heterocycles. The molecule has 0 bridgehead atoms. The van der Waals surface area contributed by atoms with E-state index in [1.165, 1.54) is 11.3 Å². The van der Waals surface area contributed by atoms with E-state index in [2.05, 4.69) is 22.8 Å². The number of benzene rings is 2. The lowest BCUT2D eigenvalue weighted by molar-refractivity contribution is 0.0663. The molecule has 1 fully saturated rings. The van der Waals surface area contributed by atoms with Crippen molar-refractivity contribution in [3.05, 3.63) is 58.1 Å². The molecule has 1 atom stereocenters. The lowest BCUT2D eigenvalue weighted by Crippen LogP contribution is -2.49. The zero-order valence-electron chi connectivity index (χ0n) is 14.9. The second kappa shape index (κ2) is 8.96. The number of nitrogens with zero attached hydrogens (tertiary/aromatic N) is 2. The lowest BCUT2D eigenvalue weighted by Gasteiger charge is -2.37. The molecule has 6 heteroatoms. The van der Waals surface area contributed by atoms with Crippen LogP contribution in [0.4, 0.5) is 5.69 Å². The summed E-state index contributed by atoms with van der Waals surface area (Å²) in [7, 11) is 0. The highest BCUT2D eigenvalue weighted by molar-refractivity contribution is 6.31. The van der Waals surface area contributed by atoms with Crippen molar-refractivity contribution in [1.82, 2.24) is 4.90 Å². The molecule has 140 valence electrons. The van der Waals surface area contributed by atoms with Crippen LogP contribution in [0.5, 0.6) is 5.75 Å². The third kappa shape index (κ3) is 5.27. The Labute approximate surface area is 164 Å². The van der Waals surface area contributed by atoms with Crippen LogP contribution in [0.3, 0.4) is 0 Å². The summed E-state index contributed by atoms with van der Waals surface area (Å²) in [6.45, 7) is 6.65. The fraction of sp³-hybridized carbons (Fsp3) is 0.400. The van der Waals surface area contributed by atoms with Crippen molar-refractivity contribution in [2.24, 2.45) is 0 Å². The summed E-state index contributed by atoms with van der Waals surface area (Å²) in [4.78, 5) is 4.63. The summed E-state index contributed by atoms with van der Waals surface area (Å²) < 4.78 is 5.62. The second-order valence-electron chi connectivity index (χ2n) is 6.64. The first-order valence-electron chi connectivity index (χ1n) is 8.81. The number of hydrogen-bond donors (Lipinski definition) is 1. The highest BCUT2D eigenvalue weighted by Crippen LogP contribution is 2.25. The fourth-order valence-electron chi connectivity index (χ4n) is 3.17. The maximum absolute atomic E-state index is 10.3. The zero-order valence-corrected chi connectivity index (χ0v) is 16.4. The summed E-state index contributed by atoms with van der Waals surface area (Å²) in [6.07, 6.45) is -0.523. The smallest absolute Gasteiger partial charge is 0.119 e. The Morgan fingerprint density at radius 1 is 1.00 bits per heavy atom. The molecule has 1 aliphatic rings. The number of aliphatic hydroxyl groups excluding tert-OH is 1. The van der Waals surface area contributed by atoms with Gasteiger partial charge in [0.05, 0.1) is 0 Å². The fourth-order valence-corrected chi connectivity index (χ4v) is 3.46. The van der Waals surface area contributed by atoms with Gasteiger partial charge < -0.3 is 14.7 Å². The molecular weight excluding hydrogens is 371 g/mol. The van der Waals surface area contributed by atoms with Crippen LogP contribution >= 0.6 is 23.2 Å². The minimum Gasteiger partial charge on any atom is -0.491 e. The van der Waals surface area contributed by atoms with Gasteiger partial charge >= 0.3 is 0 Å². The van der Waals surface area contributed by atoms with Gasteiger partial charge in [0.2, 0.25) is 0 Å². The minimum atomic E-state index is -0.523. The lowest BCUT2D eigenvalue weighted by atomic mass is 10.1. The van der Waals surface area contributed by atoms with Crippen LogP contribution in [0.1, 0.15) is 5.56 Å². The van der Waals surface area contributed by atoms with E-state index in [0.29, 0.717) is 11.6 Å². The summed E-state index contributed by atoms with van der Waals surface area (Å²) >= 11 is 12.0. The number of ether oxygens (including phenoxy) is 1. The number of anilines is 1. The van der Waals surface area contributed by atoms with Crippen molar-refractivity contribution >= 4 is 28.9 Å². The predicted molar refractivity (Wildman–Crippen MR) is 108 cm³/mol. The molecule has 26 heavy (non-hydrogen) atoms. The van der Waals surface area contributed by atoms with Crippen LogP contribution in [-0.2, 0) is 0 Å². The molecule has 3 rings (SSSR count). The molecule has 1 N–H and O–H groups in total. The molecule has 0 aromatic heterocycles. The third-order valence-electron chi connectivity index (χ3n) is 4.61. The number of hydrogen-bond acceptors (Lipinski definition) is 4. The quantitative estimate of drug-likeness (QED) is 0.806. The van der Waals surface area contributed by atoms with Gasteiger partial charge in [-0.3, -0.25) is 4.90 Å². The van der Waals surface area contributed by atoms with Crippen LogP contribution in [0, 0.1) is 6.92 Å². The molecular formula is C20H24Cl2N2O2. The number of rotatable bonds is 6. The highest BCUT2D eigenvalue weighted by atomic mass is 35.5. The van der Waals surface area contributed by atoms with E-state index < -0.39 is 6.10 Å². The average molecular weight is 395 g/mol. The Balaban J connectivity index is 1.44. The number of aliphatic hydroxyl groups is 1. The van der Waals surface area contributed by atoms with Gasteiger partial charge in [-0.05, 0) is 48.9 Å². The molecule has 2 aromatic rings. The van der Waals surface area contributed by atoms with Crippen LogP contribution in [0.15, 0.2) is 42.5 Å². The van der Waals surface area contributed by atoms with E-state index in [1.807, 2.05) is 12.1 Å². The van der Waals surface area contributed by atoms with Gasteiger partial charge in [0.15, 0.2) is 0 Å². The van der Waals surface area contributed by atoms with Crippen LogP contribution in [0.2, 0.25) is 10.0 Å². The average Bonchev–Trinajstić information content (AvgIpc) is 2.64. The van der Waals surface area contributed by atoms with Crippen molar-refractivity contribution in [2.75, 3.05) is 44.2 Å². The van der Waals surface area contributed by atoms with E-state index in [0.717, 1.165) is 37.0 Å². The van der Waals surface area contributed by atoms with Crippen molar-refractivity contribution < 1.29 is 9.84 Å². The normalized spacial score (nSPS) is 16.5. The highest BCUT2D eigenvalue weighted by Gasteiger charge is 2.20. The second-order valence-corrected chi connectivity index (χ2v) is 7.51. The molecule has 0 saturated carbocycles. The maximum atomic E-state index is 10.3. The minimum absolute atomic E-state index is 0.273. The van der Waals surface area contributed by atoms with E-state index in [4.69, 9.17) is 27.9 Å². The van der Waals surface area contributed by atoms with Gasteiger partial charge in [-0.1, -0.05) is 29.3 Å². The first-order valence-corrected chi connectivity index (χ1v) is 9.57. The monoisotopic (exact) mass is 394 g/mol. The van der Waals surface area contributed by atoms with Gasteiger partial charge in [-0.25, -0.2) is 0 Å². The van der Waals surface area contributed by atoms with E-state index >= 15 is 0 Å². The van der Waals surface area contributed by atoms with E-state index in [9.17, 15) is 5.11 Å². The first kappa shape index (κ1) is 19.3. The Kier molecular flexibility index (Phi) is 6.65. The van der Waals surface area contributed by atoms with Gasteiger partial charge in [0.1, 0.15) is 18.5 Å².